The van der Waals surface area contributed by atoms with Crippen molar-refractivity contribution >= 4 is 35.0 Å². The number of aromatic nitrogens is 3. The zero-order valence-electron chi connectivity index (χ0n) is 15.3. The third-order valence-corrected chi connectivity index (χ3v) is 5.07. The van der Waals surface area contributed by atoms with Crippen molar-refractivity contribution in [3.63, 3.8) is 0 Å². The molecule has 1 aromatic carbocycles. The van der Waals surface area contributed by atoms with Crippen molar-refractivity contribution in [2.45, 2.75) is 37.7 Å². The molecule has 0 aliphatic rings. The Balaban J connectivity index is 1.77. The maximum atomic E-state index is 12.5. The molecule has 3 rings (SSSR count). The first-order valence-corrected chi connectivity index (χ1v) is 9.90. The van der Waals surface area contributed by atoms with E-state index in [1.165, 1.54) is 11.8 Å². The van der Waals surface area contributed by atoms with E-state index in [2.05, 4.69) is 29.4 Å². The fraction of sp³-hybridized carbons (Fsp3) is 0.316. The molecule has 142 valence electrons. The summed E-state index contributed by atoms with van der Waals surface area (Å²) in [6.45, 7) is 6.81. The topological polar surface area (TPSA) is 73.0 Å². The van der Waals surface area contributed by atoms with Gasteiger partial charge in [0.25, 0.3) is 0 Å². The number of nitrogens with zero attached hydrogens (tertiary/aromatic N) is 3. The van der Waals surface area contributed by atoms with Crippen LogP contribution in [0.5, 0.6) is 0 Å². The van der Waals surface area contributed by atoms with E-state index in [9.17, 15) is 4.79 Å². The van der Waals surface area contributed by atoms with E-state index >= 15 is 0 Å². The molecule has 0 bridgehead atoms. The summed E-state index contributed by atoms with van der Waals surface area (Å²) in [5.74, 6) is 1.59. The number of hydrogen-bond donors (Lipinski definition) is 1. The Hall–Kier alpha value is -2.25. The number of furan rings is 1. The van der Waals surface area contributed by atoms with E-state index in [0.29, 0.717) is 33.4 Å². The van der Waals surface area contributed by atoms with Crippen LogP contribution in [0.25, 0.3) is 11.6 Å². The van der Waals surface area contributed by atoms with Crippen LogP contribution in [0.2, 0.25) is 5.02 Å². The van der Waals surface area contributed by atoms with Gasteiger partial charge in [0.1, 0.15) is 0 Å². The third kappa shape index (κ3) is 4.93. The number of carbonyl (C=O) groups is 1. The molecule has 1 N–H and O–H groups in total. The van der Waals surface area contributed by atoms with Gasteiger partial charge in [-0.05, 0) is 43.2 Å². The quantitative estimate of drug-likeness (QED) is 0.563. The van der Waals surface area contributed by atoms with E-state index in [0.717, 1.165) is 6.54 Å². The lowest BCUT2D eigenvalue weighted by molar-refractivity contribution is -0.115. The fourth-order valence-electron chi connectivity index (χ4n) is 2.52. The Morgan fingerprint density at radius 2 is 2.07 bits per heavy atom. The largest absolute Gasteiger partial charge is 0.461 e. The molecule has 3 aromatic rings. The molecule has 6 nitrogen and oxygen atoms in total. The molecule has 27 heavy (non-hydrogen) atoms. The van der Waals surface area contributed by atoms with Gasteiger partial charge in [0, 0.05) is 17.3 Å². The third-order valence-electron chi connectivity index (χ3n) is 3.75. The van der Waals surface area contributed by atoms with Crippen LogP contribution in [0.15, 0.2) is 52.2 Å². The Morgan fingerprint density at radius 3 is 2.74 bits per heavy atom. The zero-order valence-corrected chi connectivity index (χ0v) is 16.9. The number of halogens is 1. The monoisotopic (exact) mass is 404 g/mol. The summed E-state index contributed by atoms with van der Waals surface area (Å²) in [6.07, 6.45) is 1.61. The first-order valence-electron chi connectivity index (χ1n) is 8.64. The summed E-state index contributed by atoms with van der Waals surface area (Å²) >= 11 is 7.34. The van der Waals surface area contributed by atoms with Gasteiger partial charge in [-0.3, -0.25) is 9.36 Å². The van der Waals surface area contributed by atoms with Gasteiger partial charge in [0.05, 0.1) is 11.5 Å². The first-order chi connectivity index (χ1) is 12.9. The van der Waals surface area contributed by atoms with Crippen molar-refractivity contribution < 1.29 is 9.21 Å². The SMILES string of the molecule is CC(C)Cn1c(SC(C)C(=O)Nc2cccc(Cl)c2)nnc1-c1ccco1. The molecule has 2 heterocycles. The van der Waals surface area contributed by atoms with Gasteiger partial charge in [-0.2, -0.15) is 0 Å². The van der Waals surface area contributed by atoms with Gasteiger partial charge in [-0.25, -0.2) is 0 Å². The minimum Gasteiger partial charge on any atom is -0.461 e. The summed E-state index contributed by atoms with van der Waals surface area (Å²) in [5.41, 5.74) is 0.667. The lowest BCUT2D eigenvalue weighted by Gasteiger charge is -2.14. The molecule has 2 aromatic heterocycles. The molecule has 0 aliphatic heterocycles. The predicted octanol–water partition coefficient (Wildman–Crippen LogP) is 4.97. The number of amides is 1. The number of thioether (sulfide) groups is 1. The minimum atomic E-state index is -0.358. The van der Waals surface area contributed by atoms with Crippen LogP contribution >= 0.6 is 23.4 Å². The van der Waals surface area contributed by atoms with Crippen LogP contribution in [0.4, 0.5) is 5.69 Å². The molecule has 0 radical (unpaired) electrons. The molecule has 0 spiro atoms. The van der Waals surface area contributed by atoms with Crippen LogP contribution in [0.1, 0.15) is 20.8 Å². The van der Waals surface area contributed by atoms with Crippen LogP contribution in [-0.2, 0) is 11.3 Å². The van der Waals surface area contributed by atoms with Crippen molar-refractivity contribution in [1.29, 1.82) is 0 Å². The molecular formula is C19H21ClN4O2S. The average Bonchev–Trinajstić information content (AvgIpc) is 3.25. The number of carbonyl (C=O) groups excluding carboxylic acids is 1. The second-order valence-corrected chi connectivity index (χ2v) is 8.29. The highest BCUT2D eigenvalue weighted by atomic mass is 35.5. The molecule has 0 saturated carbocycles. The maximum absolute atomic E-state index is 12.5. The lowest BCUT2D eigenvalue weighted by atomic mass is 10.2. The number of rotatable bonds is 7. The molecule has 1 atom stereocenters. The Kier molecular flexibility index (Phi) is 6.23. The van der Waals surface area contributed by atoms with Crippen molar-refractivity contribution in [1.82, 2.24) is 14.8 Å². The highest BCUT2D eigenvalue weighted by Gasteiger charge is 2.22. The van der Waals surface area contributed by atoms with Crippen molar-refractivity contribution in [3.05, 3.63) is 47.7 Å². The predicted molar refractivity (Wildman–Crippen MR) is 108 cm³/mol. The highest BCUT2D eigenvalue weighted by molar-refractivity contribution is 8.00. The molecule has 0 saturated heterocycles. The average molecular weight is 405 g/mol. The van der Waals surface area contributed by atoms with Gasteiger partial charge in [-0.1, -0.05) is 43.3 Å². The van der Waals surface area contributed by atoms with Crippen molar-refractivity contribution in [2.75, 3.05) is 5.32 Å². The second-order valence-electron chi connectivity index (χ2n) is 6.55. The van der Waals surface area contributed by atoms with Crippen LogP contribution in [0, 0.1) is 5.92 Å². The standard InChI is InChI=1S/C19H21ClN4O2S/c1-12(2)11-24-17(16-8-5-9-26-16)22-23-19(24)27-13(3)18(25)21-15-7-4-6-14(20)10-15/h4-10,12-13H,11H2,1-3H3,(H,21,25). The van der Waals surface area contributed by atoms with Gasteiger partial charge in [-0.15, -0.1) is 10.2 Å². The van der Waals surface area contributed by atoms with E-state index in [1.807, 2.05) is 23.6 Å². The summed E-state index contributed by atoms with van der Waals surface area (Å²) in [5, 5.41) is 12.3. The smallest absolute Gasteiger partial charge is 0.237 e. The van der Waals surface area contributed by atoms with Crippen LogP contribution in [0.3, 0.4) is 0 Å². The lowest BCUT2D eigenvalue weighted by Crippen LogP contribution is -2.23. The second kappa shape index (κ2) is 8.63. The highest BCUT2D eigenvalue weighted by Crippen LogP contribution is 2.28. The van der Waals surface area contributed by atoms with Crippen molar-refractivity contribution in [2.24, 2.45) is 5.92 Å². The van der Waals surface area contributed by atoms with Crippen LogP contribution in [-0.4, -0.2) is 25.9 Å². The number of benzene rings is 1. The Labute approximate surface area is 167 Å². The number of anilines is 1. The Morgan fingerprint density at radius 1 is 1.26 bits per heavy atom. The van der Waals surface area contributed by atoms with Crippen LogP contribution < -0.4 is 5.32 Å². The molecular weight excluding hydrogens is 384 g/mol. The molecule has 1 amide bonds. The number of hydrogen-bond acceptors (Lipinski definition) is 5. The van der Waals surface area contributed by atoms with Crippen molar-refractivity contribution in [3.8, 4) is 11.6 Å². The summed E-state index contributed by atoms with van der Waals surface area (Å²) in [4.78, 5) is 12.5. The summed E-state index contributed by atoms with van der Waals surface area (Å²) in [7, 11) is 0. The fourth-order valence-corrected chi connectivity index (χ4v) is 3.56. The van der Waals surface area contributed by atoms with E-state index in [1.54, 1.807) is 30.5 Å². The van der Waals surface area contributed by atoms with Gasteiger partial charge in [0.15, 0.2) is 16.7 Å². The van der Waals surface area contributed by atoms with Gasteiger partial charge >= 0.3 is 0 Å². The summed E-state index contributed by atoms with van der Waals surface area (Å²) < 4.78 is 7.47. The zero-order chi connectivity index (χ0) is 19.4. The van der Waals surface area contributed by atoms with E-state index in [4.69, 9.17) is 16.0 Å². The molecule has 0 aliphatic carbocycles. The minimum absolute atomic E-state index is 0.124. The van der Waals surface area contributed by atoms with E-state index in [-0.39, 0.29) is 11.2 Å². The normalized spacial score (nSPS) is 12.3. The molecule has 0 fully saturated rings. The Bertz CT molecular complexity index is 908. The van der Waals surface area contributed by atoms with E-state index < -0.39 is 0 Å². The van der Waals surface area contributed by atoms with Gasteiger partial charge < -0.3 is 9.73 Å². The molecule has 8 heteroatoms. The summed E-state index contributed by atoms with van der Waals surface area (Å²) in [6, 6.07) is 10.7. The van der Waals surface area contributed by atoms with Gasteiger partial charge in [0.2, 0.25) is 5.91 Å². The first kappa shape index (κ1) is 19.5. The maximum Gasteiger partial charge on any atom is 0.237 e. The molecule has 1 unspecified atom stereocenters. The number of nitrogens with one attached hydrogen (secondary N) is 1.